The van der Waals surface area contributed by atoms with Crippen LogP contribution in [-0.4, -0.2) is 48.1 Å². The molecule has 0 saturated heterocycles. The number of amides is 2. The minimum atomic E-state index is -3.66. The van der Waals surface area contributed by atoms with E-state index < -0.39 is 29.2 Å². The van der Waals surface area contributed by atoms with Crippen molar-refractivity contribution in [1.29, 1.82) is 0 Å². The van der Waals surface area contributed by atoms with E-state index in [9.17, 15) is 14.0 Å². The second-order valence-electron chi connectivity index (χ2n) is 8.93. The molecule has 0 unspecified atom stereocenters. The number of fused-ring (bicyclic) bond motifs is 2. The third-order valence-corrected chi connectivity index (χ3v) is 6.30. The van der Waals surface area contributed by atoms with Crippen LogP contribution in [0.3, 0.4) is 0 Å². The molecule has 1 aliphatic rings. The number of aromatic nitrogens is 6. The molecule has 4 heterocycles. The molecule has 0 spiro atoms. The number of carbonyl (C=O) groups is 2. The van der Waals surface area contributed by atoms with Crippen molar-refractivity contribution < 1.29 is 22.8 Å². The average molecular weight is 520 g/mol. The minimum absolute atomic E-state index is 0.0379. The van der Waals surface area contributed by atoms with Crippen molar-refractivity contribution in [3.8, 4) is 11.1 Å². The first-order chi connectivity index (χ1) is 18.2. The fraction of sp³-hybridized carbons (Fsp3) is 0.200. The van der Waals surface area contributed by atoms with Gasteiger partial charge in [0.1, 0.15) is 11.5 Å². The number of imidazole rings is 1. The topological polar surface area (TPSA) is 119 Å². The van der Waals surface area contributed by atoms with E-state index in [1.54, 1.807) is 6.07 Å². The zero-order valence-corrected chi connectivity index (χ0v) is 19.8. The summed E-state index contributed by atoms with van der Waals surface area (Å²) >= 11 is 0. The first-order valence-electron chi connectivity index (χ1n) is 11.7. The van der Waals surface area contributed by atoms with Gasteiger partial charge in [0.05, 0.1) is 11.8 Å². The molecule has 2 N–H and O–H groups in total. The Balaban J connectivity index is 1.35. The number of pyridine rings is 1. The molecule has 0 atom stereocenters. The Morgan fingerprint density at radius 2 is 1.76 bits per heavy atom. The van der Waals surface area contributed by atoms with Crippen LogP contribution in [0.5, 0.6) is 0 Å². The van der Waals surface area contributed by atoms with Crippen molar-refractivity contribution in [3.63, 3.8) is 0 Å². The Morgan fingerprint density at radius 3 is 2.50 bits per heavy atom. The lowest BCUT2D eigenvalue weighted by molar-refractivity contribution is -0.117. The van der Waals surface area contributed by atoms with Gasteiger partial charge in [-0.1, -0.05) is 6.07 Å². The minimum Gasteiger partial charge on any atom is -0.355 e. The maximum atomic E-state index is 15.7. The van der Waals surface area contributed by atoms with Gasteiger partial charge in [-0.2, -0.15) is 13.9 Å². The summed E-state index contributed by atoms with van der Waals surface area (Å²) in [6.07, 6.45) is 4.37. The number of nitrogens with one attached hydrogen (secondary N) is 2. The van der Waals surface area contributed by atoms with E-state index in [-0.39, 0.29) is 34.5 Å². The standard InChI is InChI=1S/C25H19F3N8O2/c1-29-23(38)16-6-4-14(10-17(16)26)15-5-8-21-32-33-24(35(21)11-15)25(27,28)18-7-9-20-30-19(12-36(20)34-18)31-22(37)13-2-3-13/h4-13H,2-3H2,1H3,(H,29,38)(H,31,37). The Morgan fingerprint density at radius 1 is 1.00 bits per heavy atom. The fourth-order valence-electron chi connectivity index (χ4n) is 4.09. The summed E-state index contributed by atoms with van der Waals surface area (Å²) in [5, 5.41) is 16.6. The maximum Gasteiger partial charge on any atom is 0.350 e. The van der Waals surface area contributed by atoms with Crippen LogP contribution in [0.1, 0.15) is 34.7 Å². The van der Waals surface area contributed by atoms with E-state index in [0.29, 0.717) is 11.1 Å². The van der Waals surface area contributed by atoms with Gasteiger partial charge in [0.2, 0.25) is 11.7 Å². The summed E-state index contributed by atoms with van der Waals surface area (Å²) in [7, 11) is 1.39. The normalized spacial score (nSPS) is 13.7. The molecule has 4 aromatic heterocycles. The molecule has 5 aromatic rings. The zero-order chi connectivity index (χ0) is 26.6. The van der Waals surface area contributed by atoms with Crippen molar-refractivity contribution in [2.24, 2.45) is 5.92 Å². The van der Waals surface area contributed by atoms with Gasteiger partial charge < -0.3 is 10.6 Å². The van der Waals surface area contributed by atoms with Crippen molar-refractivity contribution in [2.45, 2.75) is 18.8 Å². The molecule has 0 bridgehead atoms. The zero-order valence-electron chi connectivity index (χ0n) is 19.8. The molecular formula is C25H19F3N8O2. The van der Waals surface area contributed by atoms with Crippen molar-refractivity contribution >= 4 is 28.9 Å². The first kappa shape index (κ1) is 23.6. The summed E-state index contributed by atoms with van der Waals surface area (Å²) in [5.74, 6) is -5.65. The van der Waals surface area contributed by atoms with Gasteiger partial charge >= 0.3 is 5.92 Å². The lowest BCUT2D eigenvalue weighted by Crippen LogP contribution is -2.22. The van der Waals surface area contributed by atoms with Crippen LogP contribution < -0.4 is 10.6 Å². The van der Waals surface area contributed by atoms with E-state index in [1.165, 1.54) is 43.7 Å². The van der Waals surface area contributed by atoms with Crippen molar-refractivity contribution in [1.82, 2.24) is 34.5 Å². The SMILES string of the molecule is CNC(=O)c1ccc(-c2ccc3nnc(C(F)(F)c4ccc5nc(NC(=O)C6CC6)cn5n4)n3c2)cc1F. The largest absolute Gasteiger partial charge is 0.355 e. The van der Waals surface area contributed by atoms with Gasteiger partial charge in [0, 0.05) is 19.2 Å². The molecule has 13 heteroatoms. The highest BCUT2D eigenvalue weighted by Gasteiger charge is 2.41. The molecule has 6 rings (SSSR count). The molecule has 1 aliphatic carbocycles. The summed E-state index contributed by atoms with van der Waals surface area (Å²) in [5.41, 5.74) is 0.476. The second kappa shape index (κ2) is 8.64. The third kappa shape index (κ3) is 4.01. The number of rotatable bonds is 6. The number of benzene rings is 1. The Labute approximate surface area is 212 Å². The van der Waals surface area contributed by atoms with E-state index >= 15 is 8.78 Å². The van der Waals surface area contributed by atoms with Gasteiger partial charge in [-0.3, -0.25) is 14.0 Å². The molecule has 1 aromatic carbocycles. The average Bonchev–Trinajstić information content (AvgIpc) is 3.55. The van der Waals surface area contributed by atoms with Crippen LogP contribution in [0, 0.1) is 11.7 Å². The molecule has 1 saturated carbocycles. The molecule has 0 radical (unpaired) electrons. The monoisotopic (exact) mass is 520 g/mol. The summed E-state index contributed by atoms with van der Waals surface area (Å²) < 4.78 is 48.2. The lowest BCUT2D eigenvalue weighted by Gasteiger charge is -2.14. The quantitative estimate of drug-likeness (QED) is 0.354. The van der Waals surface area contributed by atoms with Crippen LogP contribution in [0.2, 0.25) is 0 Å². The molecule has 0 aliphatic heterocycles. The fourth-order valence-corrected chi connectivity index (χ4v) is 4.09. The van der Waals surface area contributed by atoms with Crippen LogP contribution in [0.15, 0.2) is 54.9 Å². The molecule has 38 heavy (non-hydrogen) atoms. The second-order valence-corrected chi connectivity index (χ2v) is 8.93. The van der Waals surface area contributed by atoms with Gasteiger partial charge in [-0.05, 0) is 60.4 Å². The van der Waals surface area contributed by atoms with E-state index in [1.807, 2.05) is 0 Å². The molecule has 10 nitrogen and oxygen atoms in total. The first-order valence-corrected chi connectivity index (χ1v) is 11.7. The number of anilines is 1. The maximum absolute atomic E-state index is 15.7. The van der Waals surface area contributed by atoms with Crippen LogP contribution in [0.25, 0.3) is 22.4 Å². The molecular weight excluding hydrogens is 501 g/mol. The highest BCUT2D eigenvalue weighted by Crippen LogP contribution is 2.35. The van der Waals surface area contributed by atoms with E-state index in [0.717, 1.165) is 33.9 Å². The highest BCUT2D eigenvalue weighted by molar-refractivity contribution is 5.95. The third-order valence-electron chi connectivity index (χ3n) is 6.30. The van der Waals surface area contributed by atoms with Gasteiger partial charge in [-0.15, -0.1) is 10.2 Å². The number of hydrogen-bond acceptors (Lipinski definition) is 6. The van der Waals surface area contributed by atoms with E-state index in [2.05, 4.69) is 30.9 Å². The number of carbonyl (C=O) groups excluding carboxylic acids is 2. The van der Waals surface area contributed by atoms with Crippen LogP contribution in [-0.2, 0) is 10.7 Å². The van der Waals surface area contributed by atoms with E-state index in [4.69, 9.17) is 0 Å². The van der Waals surface area contributed by atoms with Crippen LogP contribution in [0.4, 0.5) is 19.0 Å². The van der Waals surface area contributed by atoms with Crippen molar-refractivity contribution in [3.05, 3.63) is 77.8 Å². The summed E-state index contributed by atoms with van der Waals surface area (Å²) in [6, 6.07) is 9.57. The molecule has 1 fully saturated rings. The number of alkyl halides is 2. The summed E-state index contributed by atoms with van der Waals surface area (Å²) in [4.78, 5) is 28.0. The highest BCUT2D eigenvalue weighted by atomic mass is 19.3. The Hall–Kier alpha value is -4.81. The van der Waals surface area contributed by atoms with Crippen LogP contribution >= 0.6 is 0 Å². The lowest BCUT2D eigenvalue weighted by atomic mass is 10.0. The van der Waals surface area contributed by atoms with Gasteiger partial charge in [0.15, 0.2) is 17.1 Å². The summed E-state index contributed by atoms with van der Waals surface area (Å²) in [6.45, 7) is 0. The number of nitrogens with zero attached hydrogens (tertiary/aromatic N) is 6. The molecule has 192 valence electrons. The predicted octanol–water partition coefficient (Wildman–Crippen LogP) is 3.43. The van der Waals surface area contributed by atoms with Gasteiger partial charge in [0.25, 0.3) is 5.91 Å². The Bertz CT molecular complexity index is 1740. The number of hydrogen-bond donors (Lipinski definition) is 2. The van der Waals surface area contributed by atoms with Crippen molar-refractivity contribution in [2.75, 3.05) is 12.4 Å². The molecule has 2 amide bonds. The van der Waals surface area contributed by atoms with Gasteiger partial charge in [-0.25, -0.2) is 13.9 Å². The Kier molecular flexibility index (Phi) is 5.36. The number of halogens is 3. The predicted molar refractivity (Wildman–Crippen MR) is 129 cm³/mol. The smallest absolute Gasteiger partial charge is 0.350 e.